The molecule has 0 saturated heterocycles. The molecule has 2 heteroatoms. The monoisotopic (exact) mass is 246 g/mol. The summed E-state index contributed by atoms with van der Waals surface area (Å²) in [6.07, 6.45) is 0. The molecule has 0 nitrogen and oxygen atoms in total. The third-order valence-corrected chi connectivity index (χ3v) is 3.61. The molecule has 0 bridgehead atoms. The van der Waals surface area contributed by atoms with Gasteiger partial charge in [0, 0.05) is 9.79 Å². The van der Waals surface area contributed by atoms with E-state index in [-0.39, 0.29) is 5.82 Å². The molecular formula is C15H15FS. The molecule has 0 aliphatic heterocycles. The molecule has 0 fully saturated rings. The van der Waals surface area contributed by atoms with E-state index in [9.17, 15) is 4.39 Å². The number of rotatable bonds is 3. The zero-order chi connectivity index (χ0) is 12.3. The van der Waals surface area contributed by atoms with Gasteiger partial charge in [-0.05, 0) is 47.9 Å². The highest BCUT2D eigenvalue weighted by atomic mass is 32.2. The summed E-state index contributed by atoms with van der Waals surface area (Å²) in [5.41, 5.74) is 1.34. The maximum absolute atomic E-state index is 12.8. The van der Waals surface area contributed by atoms with Crippen LogP contribution >= 0.6 is 11.8 Å². The molecule has 0 radical (unpaired) electrons. The summed E-state index contributed by atoms with van der Waals surface area (Å²) in [6, 6.07) is 15.1. The average Bonchev–Trinajstić information content (AvgIpc) is 2.33. The third kappa shape index (κ3) is 3.34. The van der Waals surface area contributed by atoms with Crippen molar-refractivity contribution in [3.63, 3.8) is 0 Å². The molecule has 2 aromatic carbocycles. The minimum absolute atomic E-state index is 0.190. The van der Waals surface area contributed by atoms with Gasteiger partial charge in [0.25, 0.3) is 0 Å². The quantitative estimate of drug-likeness (QED) is 0.726. The van der Waals surface area contributed by atoms with Gasteiger partial charge in [-0.25, -0.2) is 4.39 Å². The van der Waals surface area contributed by atoms with Crippen LogP contribution in [0.1, 0.15) is 25.3 Å². The Balaban J connectivity index is 2.11. The zero-order valence-corrected chi connectivity index (χ0v) is 10.8. The summed E-state index contributed by atoms with van der Waals surface area (Å²) >= 11 is 1.65. The van der Waals surface area contributed by atoms with Crippen LogP contribution in [-0.4, -0.2) is 0 Å². The average molecular weight is 246 g/mol. The minimum Gasteiger partial charge on any atom is -0.207 e. The Kier molecular flexibility index (Phi) is 3.85. The fourth-order valence-corrected chi connectivity index (χ4v) is 2.38. The highest BCUT2D eigenvalue weighted by molar-refractivity contribution is 7.99. The lowest BCUT2D eigenvalue weighted by atomic mass is 10.0. The molecule has 88 valence electrons. The van der Waals surface area contributed by atoms with Gasteiger partial charge in [0.05, 0.1) is 0 Å². The lowest BCUT2D eigenvalue weighted by Gasteiger charge is -2.06. The molecule has 2 aromatic rings. The summed E-state index contributed by atoms with van der Waals surface area (Å²) < 4.78 is 12.8. The summed E-state index contributed by atoms with van der Waals surface area (Å²) in [5.74, 6) is 0.365. The lowest BCUT2D eigenvalue weighted by Crippen LogP contribution is -1.85. The smallest absolute Gasteiger partial charge is 0.123 e. The Labute approximate surface area is 106 Å². The Morgan fingerprint density at radius 3 is 1.76 bits per heavy atom. The fourth-order valence-electron chi connectivity index (χ4n) is 1.56. The van der Waals surface area contributed by atoms with E-state index < -0.39 is 0 Å². The highest BCUT2D eigenvalue weighted by Gasteiger charge is 2.00. The van der Waals surface area contributed by atoms with Crippen molar-refractivity contribution in [2.45, 2.75) is 29.6 Å². The number of hydrogen-bond acceptors (Lipinski definition) is 1. The van der Waals surface area contributed by atoms with Crippen LogP contribution in [0.4, 0.5) is 4.39 Å². The molecule has 0 saturated carbocycles. The van der Waals surface area contributed by atoms with Crippen molar-refractivity contribution in [3.8, 4) is 0 Å². The molecule has 0 aliphatic rings. The van der Waals surface area contributed by atoms with Gasteiger partial charge in [-0.3, -0.25) is 0 Å². The molecule has 0 N–H and O–H groups in total. The predicted octanol–water partition coefficient (Wildman–Crippen LogP) is 5.10. The van der Waals surface area contributed by atoms with Crippen LogP contribution in [0.2, 0.25) is 0 Å². The van der Waals surface area contributed by atoms with Crippen molar-refractivity contribution in [3.05, 3.63) is 59.9 Å². The predicted molar refractivity (Wildman–Crippen MR) is 71.1 cm³/mol. The maximum atomic E-state index is 12.8. The van der Waals surface area contributed by atoms with Crippen molar-refractivity contribution in [1.82, 2.24) is 0 Å². The largest absolute Gasteiger partial charge is 0.207 e. The first kappa shape index (κ1) is 12.2. The number of hydrogen-bond donors (Lipinski definition) is 0. The third-order valence-electron chi connectivity index (χ3n) is 2.60. The topological polar surface area (TPSA) is 0 Å². The van der Waals surface area contributed by atoms with Gasteiger partial charge in [-0.2, -0.15) is 0 Å². The molecule has 0 heterocycles. The van der Waals surface area contributed by atoms with E-state index in [4.69, 9.17) is 0 Å². The Morgan fingerprint density at radius 2 is 1.29 bits per heavy atom. The van der Waals surface area contributed by atoms with Gasteiger partial charge in [-0.1, -0.05) is 37.7 Å². The van der Waals surface area contributed by atoms with Crippen molar-refractivity contribution in [2.24, 2.45) is 0 Å². The highest BCUT2D eigenvalue weighted by Crippen LogP contribution is 2.28. The van der Waals surface area contributed by atoms with Crippen LogP contribution in [-0.2, 0) is 0 Å². The molecule has 0 atom stereocenters. The van der Waals surface area contributed by atoms with Crippen molar-refractivity contribution >= 4 is 11.8 Å². The van der Waals surface area contributed by atoms with Crippen LogP contribution in [0.25, 0.3) is 0 Å². The molecule has 0 aliphatic carbocycles. The van der Waals surface area contributed by atoms with Gasteiger partial charge in [0.15, 0.2) is 0 Å². The molecule has 17 heavy (non-hydrogen) atoms. The van der Waals surface area contributed by atoms with E-state index in [2.05, 4.69) is 38.1 Å². The summed E-state index contributed by atoms with van der Waals surface area (Å²) in [5, 5.41) is 0. The van der Waals surface area contributed by atoms with E-state index in [1.54, 1.807) is 23.9 Å². The molecule has 0 aromatic heterocycles. The zero-order valence-electron chi connectivity index (χ0n) is 9.98. The standard InChI is InChI=1S/C15H15FS/c1-11(2)12-3-7-14(8-4-12)17-15-9-5-13(16)6-10-15/h3-11H,1-2H3. The molecule has 0 unspecified atom stereocenters. The Morgan fingerprint density at radius 1 is 0.824 bits per heavy atom. The number of halogens is 1. The summed E-state index contributed by atoms with van der Waals surface area (Å²) in [6.45, 7) is 4.37. The molecule has 2 rings (SSSR count). The second kappa shape index (κ2) is 5.37. The van der Waals surface area contributed by atoms with E-state index in [1.807, 2.05) is 0 Å². The number of benzene rings is 2. The van der Waals surface area contributed by atoms with Gasteiger partial charge >= 0.3 is 0 Å². The first-order valence-electron chi connectivity index (χ1n) is 5.68. The first-order valence-corrected chi connectivity index (χ1v) is 6.50. The van der Waals surface area contributed by atoms with Crippen molar-refractivity contribution < 1.29 is 4.39 Å². The second-order valence-electron chi connectivity index (χ2n) is 4.28. The second-order valence-corrected chi connectivity index (χ2v) is 5.43. The van der Waals surface area contributed by atoms with Crippen molar-refractivity contribution in [1.29, 1.82) is 0 Å². The van der Waals surface area contributed by atoms with E-state index in [1.165, 1.54) is 22.6 Å². The fraction of sp³-hybridized carbons (Fsp3) is 0.200. The van der Waals surface area contributed by atoms with Gasteiger partial charge in [0.2, 0.25) is 0 Å². The molecule has 0 spiro atoms. The van der Waals surface area contributed by atoms with Crippen LogP contribution < -0.4 is 0 Å². The maximum Gasteiger partial charge on any atom is 0.123 e. The van der Waals surface area contributed by atoms with E-state index >= 15 is 0 Å². The van der Waals surface area contributed by atoms with E-state index in [0.717, 1.165) is 4.90 Å². The van der Waals surface area contributed by atoms with Gasteiger partial charge in [0.1, 0.15) is 5.82 Å². The van der Waals surface area contributed by atoms with Gasteiger partial charge < -0.3 is 0 Å². The summed E-state index contributed by atoms with van der Waals surface area (Å²) in [7, 11) is 0. The summed E-state index contributed by atoms with van der Waals surface area (Å²) in [4.78, 5) is 2.24. The Hall–Kier alpha value is -1.28. The SMILES string of the molecule is CC(C)c1ccc(Sc2ccc(F)cc2)cc1. The van der Waals surface area contributed by atoms with E-state index in [0.29, 0.717) is 5.92 Å². The first-order chi connectivity index (χ1) is 8.15. The van der Waals surface area contributed by atoms with Gasteiger partial charge in [-0.15, -0.1) is 0 Å². The van der Waals surface area contributed by atoms with Crippen LogP contribution in [0, 0.1) is 5.82 Å². The van der Waals surface area contributed by atoms with Crippen LogP contribution in [0.15, 0.2) is 58.3 Å². The normalized spacial score (nSPS) is 10.8. The van der Waals surface area contributed by atoms with Crippen molar-refractivity contribution in [2.75, 3.05) is 0 Å². The molecular weight excluding hydrogens is 231 g/mol. The Bertz CT molecular complexity index is 471. The lowest BCUT2D eigenvalue weighted by molar-refractivity contribution is 0.626. The molecule has 0 amide bonds. The van der Waals surface area contributed by atoms with Crippen LogP contribution in [0.3, 0.4) is 0 Å². The van der Waals surface area contributed by atoms with Crippen LogP contribution in [0.5, 0.6) is 0 Å². The minimum atomic E-state index is -0.190.